The number of benzene rings is 2. The van der Waals surface area contributed by atoms with Gasteiger partial charge in [-0.15, -0.1) is 11.6 Å². The first kappa shape index (κ1) is 19.6. The molecule has 0 spiro atoms. The first-order valence-electron chi connectivity index (χ1n) is 7.17. The predicted octanol–water partition coefficient (Wildman–Crippen LogP) is 5.30. The molecule has 1 amide bonds. The molecule has 3 nitrogen and oxygen atoms in total. The SMILES string of the molecule is COCc1cccc(C(=O)Nc2ccccc2SC(Cl)C(F)(F)F)c1. The molecule has 134 valence electrons. The Morgan fingerprint density at radius 1 is 1.24 bits per heavy atom. The normalized spacial score (nSPS) is 12.7. The summed E-state index contributed by atoms with van der Waals surface area (Å²) in [4.78, 5) is 12.6. The Morgan fingerprint density at radius 3 is 2.64 bits per heavy atom. The van der Waals surface area contributed by atoms with Crippen LogP contribution >= 0.6 is 23.4 Å². The molecule has 0 bridgehead atoms. The van der Waals surface area contributed by atoms with E-state index in [1.165, 1.54) is 12.1 Å². The van der Waals surface area contributed by atoms with Gasteiger partial charge in [0.15, 0.2) is 4.71 Å². The number of hydrogen-bond acceptors (Lipinski definition) is 3. The highest BCUT2D eigenvalue weighted by molar-refractivity contribution is 8.01. The van der Waals surface area contributed by atoms with Crippen LogP contribution in [0.2, 0.25) is 0 Å². The van der Waals surface area contributed by atoms with Crippen LogP contribution in [-0.4, -0.2) is 23.9 Å². The van der Waals surface area contributed by atoms with Gasteiger partial charge in [-0.2, -0.15) is 13.2 Å². The maximum Gasteiger partial charge on any atom is 0.414 e. The van der Waals surface area contributed by atoms with Gasteiger partial charge in [0.05, 0.1) is 12.3 Å². The van der Waals surface area contributed by atoms with Gasteiger partial charge in [-0.25, -0.2) is 0 Å². The Kier molecular flexibility index (Phi) is 6.75. The van der Waals surface area contributed by atoms with Gasteiger partial charge >= 0.3 is 6.18 Å². The molecule has 1 N–H and O–H groups in total. The van der Waals surface area contributed by atoms with Crippen molar-refractivity contribution in [1.82, 2.24) is 0 Å². The van der Waals surface area contributed by atoms with Crippen LogP contribution in [-0.2, 0) is 11.3 Å². The number of nitrogens with one attached hydrogen (secondary N) is 1. The number of carbonyl (C=O) groups excluding carboxylic acids is 1. The number of alkyl halides is 4. The fraction of sp³-hybridized carbons (Fsp3) is 0.235. The van der Waals surface area contributed by atoms with Gasteiger partial charge < -0.3 is 10.1 Å². The number of para-hydroxylation sites is 1. The third kappa shape index (κ3) is 5.66. The number of halogens is 4. The second-order valence-corrected chi connectivity index (χ2v) is 6.90. The van der Waals surface area contributed by atoms with E-state index < -0.39 is 16.8 Å². The average Bonchev–Trinajstić information content (AvgIpc) is 2.56. The van der Waals surface area contributed by atoms with Crippen molar-refractivity contribution in [2.45, 2.75) is 22.4 Å². The van der Waals surface area contributed by atoms with Crippen molar-refractivity contribution in [2.24, 2.45) is 0 Å². The standard InChI is InChI=1S/C17H15ClF3NO2S/c1-24-10-11-5-4-6-12(9-11)15(23)22-13-7-2-3-8-14(13)25-16(18)17(19,20)21/h2-9,16H,10H2,1H3,(H,22,23). The van der Waals surface area contributed by atoms with E-state index in [9.17, 15) is 18.0 Å². The van der Waals surface area contributed by atoms with E-state index in [-0.39, 0.29) is 10.6 Å². The molecule has 0 saturated heterocycles. The highest BCUT2D eigenvalue weighted by atomic mass is 35.5. The second kappa shape index (κ2) is 8.60. The molecule has 2 aromatic rings. The van der Waals surface area contributed by atoms with E-state index in [0.717, 1.165) is 5.56 Å². The number of methoxy groups -OCH3 is 1. The van der Waals surface area contributed by atoms with Crippen molar-refractivity contribution in [1.29, 1.82) is 0 Å². The Labute approximate surface area is 152 Å². The number of amides is 1. The minimum atomic E-state index is -4.54. The molecule has 0 aliphatic carbocycles. The fourth-order valence-corrected chi connectivity index (χ4v) is 3.06. The third-order valence-corrected chi connectivity index (χ3v) is 4.72. The molecule has 0 radical (unpaired) electrons. The molecule has 0 aromatic heterocycles. The zero-order valence-corrected chi connectivity index (χ0v) is 14.7. The Bertz CT molecular complexity index is 740. The van der Waals surface area contributed by atoms with Crippen LogP contribution in [0.5, 0.6) is 0 Å². The molecule has 0 heterocycles. The largest absolute Gasteiger partial charge is 0.414 e. The Morgan fingerprint density at radius 2 is 1.96 bits per heavy atom. The monoisotopic (exact) mass is 389 g/mol. The summed E-state index contributed by atoms with van der Waals surface area (Å²) in [6, 6.07) is 13.0. The average molecular weight is 390 g/mol. The molecule has 0 saturated carbocycles. The molecule has 2 aromatic carbocycles. The fourth-order valence-electron chi connectivity index (χ4n) is 2.01. The Hall–Kier alpha value is -1.70. The molecule has 1 unspecified atom stereocenters. The summed E-state index contributed by atoms with van der Waals surface area (Å²) in [5, 5.41) is 2.63. The summed E-state index contributed by atoms with van der Waals surface area (Å²) in [7, 11) is 1.55. The molecular formula is C17H15ClF3NO2S. The smallest absolute Gasteiger partial charge is 0.380 e. The van der Waals surface area contributed by atoms with Crippen molar-refractivity contribution in [3.8, 4) is 0 Å². The topological polar surface area (TPSA) is 38.3 Å². The number of thioether (sulfide) groups is 1. The first-order chi connectivity index (χ1) is 11.8. The summed E-state index contributed by atoms with van der Waals surface area (Å²) in [6.07, 6.45) is -4.54. The molecular weight excluding hydrogens is 375 g/mol. The van der Waals surface area contributed by atoms with Crippen LogP contribution in [0.15, 0.2) is 53.4 Å². The van der Waals surface area contributed by atoms with Crippen molar-refractivity contribution in [3.63, 3.8) is 0 Å². The number of hydrogen-bond donors (Lipinski definition) is 1. The van der Waals surface area contributed by atoms with Crippen LogP contribution in [0.4, 0.5) is 18.9 Å². The number of carbonyl (C=O) groups is 1. The van der Waals surface area contributed by atoms with Gasteiger partial charge in [-0.3, -0.25) is 4.79 Å². The maximum atomic E-state index is 12.7. The van der Waals surface area contributed by atoms with Crippen molar-refractivity contribution >= 4 is 35.0 Å². The van der Waals surface area contributed by atoms with E-state index >= 15 is 0 Å². The lowest BCUT2D eigenvalue weighted by Crippen LogP contribution is -2.20. The van der Waals surface area contributed by atoms with E-state index in [1.807, 2.05) is 6.07 Å². The van der Waals surface area contributed by atoms with Gasteiger partial charge in [-0.05, 0) is 29.8 Å². The molecule has 25 heavy (non-hydrogen) atoms. The van der Waals surface area contributed by atoms with Crippen molar-refractivity contribution in [2.75, 3.05) is 12.4 Å². The number of anilines is 1. The highest BCUT2D eigenvalue weighted by Crippen LogP contribution is 2.40. The van der Waals surface area contributed by atoms with Crippen LogP contribution in [0.1, 0.15) is 15.9 Å². The summed E-state index contributed by atoms with van der Waals surface area (Å²) in [6.45, 7) is 0.354. The van der Waals surface area contributed by atoms with Gasteiger partial charge in [-0.1, -0.05) is 36.0 Å². The summed E-state index contributed by atoms with van der Waals surface area (Å²) >= 11 is 5.82. The second-order valence-electron chi connectivity index (χ2n) is 5.06. The quantitative estimate of drug-likeness (QED) is 0.538. The van der Waals surface area contributed by atoms with Crippen LogP contribution in [0, 0.1) is 0 Å². The molecule has 0 fully saturated rings. The van der Waals surface area contributed by atoms with Gasteiger partial charge in [0.2, 0.25) is 0 Å². The molecule has 1 atom stereocenters. The molecule has 8 heteroatoms. The lowest BCUT2D eigenvalue weighted by atomic mass is 10.1. The van der Waals surface area contributed by atoms with E-state index in [0.29, 0.717) is 23.9 Å². The van der Waals surface area contributed by atoms with Gasteiger partial charge in [0.1, 0.15) is 0 Å². The highest BCUT2D eigenvalue weighted by Gasteiger charge is 2.39. The number of ether oxygens (including phenoxy) is 1. The minimum Gasteiger partial charge on any atom is -0.380 e. The van der Waals surface area contributed by atoms with Crippen molar-refractivity contribution < 1.29 is 22.7 Å². The summed E-state index contributed by atoms with van der Waals surface area (Å²) in [5.74, 6) is -0.427. The van der Waals surface area contributed by atoms with Crippen LogP contribution in [0.25, 0.3) is 0 Å². The molecule has 2 rings (SSSR count). The zero-order valence-electron chi connectivity index (χ0n) is 13.1. The molecule has 0 aliphatic rings. The molecule has 0 aliphatic heterocycles. The minimum absolute atomic E-state index is 0.237. The van der Waals surface area contributed by atoms with E-state index in [1.54, 1.807) is 37.4 Å². The van der Waals surface area contributed by atoms with E-state index in [4.69, 9.17) is 16.3 Å². The third-order valence-electron chi connectivity index (χ3n) is 3.12. The Balaban J connectivity index is 2.17. The van der Waals surface area contributed by atoms with Crippen molar-refractivity contribution in [3.05, 3.63) is 59.7 Å². The summed E-state index contributed by atoms with van der Waals surface area (Å²) < 4.78 is 40.9. The first-order valence-corrected chi connectivity index (χ1v) is 8.48. The lowest BCUT2D eigenvalue weighted by Gasteiger charge is -2.16. The predicted molar refractivity (Wildman–Crippen MR) is 93.1 cm³/mol. The summed E-state index contributed by atoms with van der Waals surface area (Å²) in [5.41, 5.74) is 1.47. The van der Waals surface area contributed by atoms with Gasteiger partial charge in [0.25, 0.3) is 5.91 Å². The zero-order chi connectivity index (χ0) is 18.4. The lowest BCUT2D eigenvalue weighted by molar-refractivity contribution is -0.113. The van der Waals surface area contributed by atoms with Gasteiger partial charge in [0, 0.05) is 17.6 Å². The number of rotatable bonds is 6. The van der Waals surface area contributed by atoms with Crippen LogP contribution < -0.4 is 5.32 Å². The maximum absolute atomic E-state index is 12.7. The van der Waals surface area contributed by atoms with Crippen LogP contribution in [0.3, 0.4) is 0 Å². The van der Waals surface area contributed by atoms with E-state index in [2.05, 4.69) is 5.32 Å².